The lowest BCUT2D eigenvalue weighted by atomic mass is 9.87. The molecule has 1 aliphatic rings. The van der Waals surface area contributed by atoms with Crippen LogP contribution in [0.1, 0.15) is 50.1 Å². The molecule has 1 saturated heterocycles. The quantitative estimate of drug-likeness (QED) is 0.213. The van der Waals surface area contributed by atoms with Crippen LogP contribution in [-0.2, 0) is 16.8 Å². The molecule has 1 amide bonds. The van der Waals surface area contributed by atoms with E-state index in [-0.39, 0.29) is 11.3 Å². The summed E-state index contributed by atoms with van der Waals surface area (Å²) in [6.07, 6.45) is 7.23. The van der Waals surface area contributed by atoms with Crippen molar-refractivity contribution in [3.63, 3.8) is 0 Å². The Labute approximate surface area is 211 Å². The highest BCUT2D eigenvalue weighted by Crippen LogP contribution is 2.34. The van der Waals surface area contributed by atoms with Gasteiger partial charge in [-0.1, -0.05) is 81.4 Å². The van der Waals surface area contributed by atoms with E-state index >= 15 is 0 Å². The number of thioether (sulfide) groups is 1. The molecular formula is C29H29N3O2S. The predicted octanol–water partition coefficient (Wildman–Crippen LogP) is 7.14. The molecule has 2 aromatic carbocycles. The third-order valence-electron chi connectivity index (χ3n) is 5.46. The molecule has 1 aliphatic heterocycles. The molecule has 0 bridgehead atoms. The number of nitrogens with zero attached hydrogens (tertiary/aromatic N) is 3. The number of benzene rings is 2. The van der Waals surface area contributed by atoms with Crippen molar-refractivity contribution in [2.24, 2.45) is 10.2 Å². The second kappa shape index (κ2) is 10.7. The van der Waals surface area contributed by atoms with Crippen molar-refractivity contribution in [2.75, 3.05) is 0 Å². The van der Waals surface area contributed by atoms with E-state index in [2.05, 4.69) is 43.1 Å². The van der Waals surface area contributed by atoms with Gasteiger partial charge in [-0.15, -0.1) is 5.10 Å². The Kier molecular flexibility index (Phi) is 7.51. The van der Waals surface area contributed by atoms with Crippen molar-refractivity contribution < 1.29 is 9.21 Å². The van der Waals surface area contributed by atoms with E-state index in [1.165, 1.54) is 17.3 Å². The summed E-state index contributed by atoms with van der Waals surface area (Å²) in [5, 5.41) is 9.17. The van der Waals surface area contributed by atoms with Crippen LogP contribution in [0.2, 0.25) is 0 Å². The van der Waals surface area contributed by atoms with Gasteiger partial charge in [-0.05, 0) is 64.6 Å². The Morgan fingerprint density at radius 2 is 1.74 bits per heavy atom. The predicted molar refractivity (Wildman–Crippen MR) is 146 cm³/mol. The molecule has 0 radical (unpaired) electrons. The molecule has 3 aromatic rings. The van der Waals surface area contributed by atoms with Gasteiger partial charge in [0, 0.05) is 0 Å². The summed E-state index contributed by atoms with van der Waals surface area (Å²) in [5.74, 6) is 0.573. The van der Waals surface area contributed by atoms with Gasteiger partial charge in [-0.2, -0.15) is 5.10 Å². The van der Waals surface area contributed by atoms with Gasteiger partial charge in [0.1, 0.15) is 5.76 Å². The third kappa shape index (κ3) is 6.49. The second-order valence-corrected chi connectivity index (χ2v) is 10.4. The average Bonchev–Trinajstić information content (AvgIpc) is 3.44. The molecule has 0 unspecified atom stereocenters. The molecule has 4 rings (SSSR count). The largest absolute Gasteiger partial charge is 0.467 e. The summed E-state index contributed by atoms with van der Waals surface area (Å²) in [6.45, 7) is 8.82. The molecule has 178 valence electrons. The number of amidine groups is 1. The first-order valence-corrected chi connectivity index (χ1v) is 12.3. The maximum atomic E-state index is 13.3. The first-order valence-electron chi connectivity index (χ1n) is 11.5. The number of furan rings is 1. The van der Waals surface area contributed by atoms with Crippen LogP contribution >= 0.6 is 11.8 Å². The molecule has 6 heteroatoms. The minimum atomic E-state index is -0.114. The standard InChI is InChI=1S/C29H29N3O2S/c1-21(17-22-9-6-5-7-10-22)19-30-31-28-32(20-25-11-8-16-34-25)27(33)26(35-28)18-23-12-14-24(15-13-23)29(2,3)4/h5-19H,20H2,1-4H3/b21-17+,26-18-,30-19+,31-28-. The van der Waals surface area contributed by atoms with E-state index < -0.39 is 0 Å². The minimum Gasteiger partial charge on any atom is -0.467 e. The van der Waals surface area contributed by atoms with Crippen LogP contribution in [-0.4, -0.2) is 22.2 Å². The normalized spacial score (nSPS) is 17.3. The highest BCUT2D eigenvalue weighted by molar-refractivity contribution is 8.18. The Balaban J connectivity index is 1.57. The number of hydrogen-bond acceptors (Lipinski definition) is 5. The highest BCUT2D eigenvalue weighted by atomic mass is 32.2. The van der Waals surface area contributed by atoms with Crippen molar-refractivity contribution in [1.82, 2.24) is 4.90 Å². The number of carbonyl (C=O) groups is 1. The van der Waals surface area contributed by atoms with Gasteiger partial charge in [0.2, 0.25) is 0 Å². The zero-order valence-corrected chi connectivity index (χ0v) is 21.3. The Morgan fingerprint density at radius 1 is 1.00 bits per heavy atom. The van der Waals surface area contributed by atoms with E-state index in [1.807, 2.05) is 73.7 Å². The highest BCUT2D eigenvalue weighted by Gasteiger charge is 2.34. The monoisotopic (exact) mass is 483 g/mol. The molecule has 0 saturated carbocycles. The summed E-state index contributed by atoms with van der Waals surface area (Å²) in [6, 6.07) is 22.0. The van der Waals surface area contributed by atoms with Gasteiger partial charge in [0.15, 0.2) is 5.17 Å². The number of amides is 1. The number of carbonyl (C=O) groups excluding carboxylic acids is 1. The van der Waals surface area contributed by atoms with Crippen LogP contribution in [0, 0.1) is 0 Å². The SMILES string of the molecule is CC(/C=N/N=C1\S/C(=C\c2ccc(C(C)(C)C)cc2)C(=O)N1Cc1ccco1)=C\c1ccccc1. The van der Waals surface area contributed by atoms with E-state index in [9.17, 15) is 4.79 Å². The zero-order valence-electron chi connectivity index (χ0n) is 20.4. The van der Waals surface area contributed by atoms with Crippen LogP contribution in [0.25, 0.3) is 12.2 Å². The molecular weight excluding hydrogens is 454 g/mol. The van der Waals surface area contributed by atoms with Crippen molar-refractivity contribution in [3.05, 3.63) is 106 Å². The van der Waals surface area contributed by atoms with Gasteiger partial charge in [-0.25, -0.2) is 0 Å². The summed E-state index contributed by atoms with van der Waals surface area (Å²) < 4.78 is 5.47. The van der Waals surface area contributed by atoms with Crippen LogP contribution in [0.3, 0.4) is 0 Å². The van der Waals surface area contributed by atoms with E-state index in [4.69, 9.17) is 4.42 Å². The zero-order chi connectivity index (χ0) is 24.8. The Morgan fingerprint density at radius 3 is 2.40 bits per heavy atom. The van der Waals surface area contributed by atoms with Crippen LogP contribution in [0.4, 0.5) is 0 Å². The molecule has 0 aliphatic carbocycles. The van der Waals surface area contributed by atoms with Crippen LogP contribution < -0.4 is 0 Å². The van der Waals surface area contributed by atoms with Crippen molar-refractivity contribution in [1.29, 1.82) is 0 Å². The van der Waals surface area contributed by atoms with Gasteiger partial charge in [-0.3, -0.25) is 9.69 Å². The lowest BCUT2D eigenvalue weighted by Gasteiger charge is -2.18. The van der Waals surface area contributed by atoms with E-state index in [0.29, 0.717) is 22.4 Å². The van der Waals surface area contributed by atoms with Gasteiger partial charge in [0.25, 0.3) is 5.91 Å². The van der Waals surface area contributed by atoms with Crippen molar-refractivity contribution in [3.8, 4) is 0 Å². The molecule has 0 atom stereocenters. The topological polar surface area (TPSA) is 58.2 Å². The van der Waals surface area contributed by atoms with Crippen molar-refractivity contribution in [2.45, 2.75) is 39.7 Å². The number of hydrogen-bond donors (Lipinski definition) is 0. The maximum Gasteiger partial charge on any atom is 0.267 e. The number of rotatable bonds is 6. The molecule has 1 fully saturated rings. The number of allylic oxidation sites excluding steroid dienone is 1. The average molecular weight is 484 g/mol. The van der Waals surface area contributed by atoms with E-state index in [0.717, 1.165) is 16.7 Å². The first-order chi connectivity index (χ1) is 16.8. The summed E-state index contributed by atoms with van der Waals surface area (Å²) in [5.41, 5.74) is 4.35. The van der Waals surface area contributed by atoms with Gasteiger partial charge in [0.05, 0.1) is 23.9 Å². The fourth-order valence-corrected chi connectivity index (χ4v) is 4.46. The molecule has 5 nitrogen and oxygen atoms in total. The molecule has 35 heavy (non-hydrogen) atoms. The Bertz CT molecular complexity index is 1280. The molecule has 0 N–H and O–H groups in total. The lowest BCUT2D eigenvalue weighted by Crippen LogP contribution is -2.28. The second-order valence-electron chi connectivity index (χ2n) is 9.38. The van der Waals surface area contributed by atoms with Crippen LogP contribution in [0.5, 0.6) is 0 Å². The first kappa shape index (κ1) is 24.5. The van der Waals surface area contributed by atoms with Gasteiger partial charge < -0.3 is 4.42 Å². The van der Waals surface area contributed by atoms with E-state index in [1.54, 1.807) is 17.4 Å². The van der Waals surface area contributed by atoms with Gasteiger partial charge >= 0.3 is 0 Å². The Hall–Kier alpha value is -3.64. The maximum absolute atomic E-state index is 13.3. The summed E-state index contributed by atoms with van der Waals surface area (Å²) >= 11 is 1.32. The summed E-state index contributed by atoms with van der Waals surface area (Å²) in [4.78, 5) is 15.5. The molecule has 1 aromatic heterocycles. The lowest BCUT2D eigenvalue weighted by molar-refractivity contribution is -0.122. The fraction of sp³-hybridized carbons (Fsp3) is 0.207. The summed E-state index contributed by atoms with van der Waals surface area (Å²) in [7, 11) is 0. The smallest absolute Gasteiger partial charge is 0.267 e. The molecule has 2 heterocycles. The fourth-order valence-electron chi connectivity index (χ4n) is 3.53. The third-order valence-corrected chi connectivity index (χ3v) is 6.45. The van der Waals surface area contributed by atoms with Crippen LogP contribution in [0.15, 0.2) is 98.1 Å². The minimum absolute atomic E-state index is 0.0777. The van der Waals surface area contributed by atoms with Crippen molar-refractivity contribution >= 4 is 41.2 Å². The molecule has 0 spiro atoms.